The van der Waals surface area contributed by atoms with Crippen molar-refractivity contribution in [2.75, 3.05) is 6.54 Å². The number of rotatable bonds is 3. The van der Waals surface area contributed by atoms with Crippen LogP contribution in [0, 0.1) is 5.53 Å². The molecule has 0 spiro atoms. The lowest BCUT2D eigenvalue weighted by atomic mass is 10.8. The van der Waals surface area contributed by atoms with Gasteiger partial charge in [-0.1, -0.05) is 0 Å². The molecule has 0 rings (SSSR count). The van der Waals surface area contributed by atoms with Crippen molar-refractivity contribution in [2.24, 2.45) is 26.0 Å². The third-order valence-corrected chi connectivity index (χ3v) is 0.329. The molecule has 0 atom stereocenters. The summed E-state index contributed by atoms with van der Waals surface area (Å²) in [6.07, 6.45) is 0. The fourth-order valence-corrected chi connectivity index (χ4v) is 0.129. The van der Waals surface area contributed by atoms with Crippen molar-refractivity contribution in [1.82, 2.24) is 0 Å². The van der Waals surface area contributed by atoms with Crippen molar-refractivity contribution < 1.29 is 0 Å². The quantitative estimate of drug-likeness (QED) is 0.428. The van der Waals surface area contributed by atoms with Crippen molar-refractivity contribution in [3.8, 4) is 0 Å². The first-order chi connectivity index (χ1) is 3.91. The fraction of sp³-hybridized carbons (Fsp3) is 1.00. The molecule has 0 aromatic heterocycles. The Bertz CT molecular complexity index is 103. The highest BCUT2D eigenvalue weighted by molar-refractivity contribution is 4.17. The largest absolute Gasteiger partial charge is 0.183 e. The van der Waals surface area contributed by atoms with Crippen LogP contribution in [0.3, 0.4) is 0 Å². The van der Waals surface area contributed by atoms with Gasteiger partial charge in [0, 0.05) is 0 Å². The van der Waals surface area contributed by atoms with Crippen molar-refractivity contribution in [1.29, 1.82) is 5.53 Å². The van der Waals surface area contributed by atoms with Crippen molar-refractivity contribution >= 4 is 0 Å². The molecule has 0 radical (unpaired) electrons. The van der Waals surface area contributed by atoms with Crippen molar-refractivity contribution in [2.45, 2.75) is 6.92 Å². The van der Waals surface area contributed by atoms with Crippen LogP contribution in [0.5, 0.6) is 0 Å². The van der Waals surface area contributed by atoms with Crippen LogP contribution in [0.1, 0.15) is 6.92 Å². The molecule has 0 aliphatic heterocycles. The van der Waals surface area contributed by atoms with Gasteiger partial charge in [-0.15, -0.1) is 0 Å². The molecular formula is C2H6N6. The van der Waals surface area contributed by atoms with Crippen LogP contribution in [0.15, 0.2) is 26.0 Å². The highest BCUT2D eigenvalue weighted by Gasteiger charge is 1.62. The number of nitrogens with zero attached hydrogens (tertiary/aromatic N) is 5. The van der Waals surface area contributed by atoms with Gasteiger partial charge in [0.2, 0.25) is 0 Å². The Balaban J connectivity index is 3.26. The monoisotopic (exact) mass is 114 g/mol. The lowest BCUT2D eigenvalue weighted by Crippen LogP contribution is -1.58. The van der Waals surface area contributed by atoms with Crippen LogP contribution in [0.25, 0.3) is 0 Å². The molecule has 0 heterocycles. The maximum absolute atomic E-state index is 6.10. The van der Waals surface area contributed by atoms with Crippen LogP contribution in [0.2, 0.25) is 0 Å². The van der Waals surface area contributed by atoms with Gasteiger partial charge in [0.25, 0.3) is 0 Å². The van der Waals surface area contributed by atoms with Gasteiger partial charge in [-0.05, 0) is 27.8 Å². The normalized spacial score (nSPS) is 11.1. The first-order valence-corrected chi connectivity index (χ1v) is 2.05. The van der Waals surface area contributed by atoms with Gasteiger partial charge >= 0.3 is 0 Å². The Morgan fingerprint density at radius 2 is 2.00 bits per heavy atom. The second kappa shape index (κ2) is 5.80. The summed E-state index contributed by atoms with van der Waals surface area (Å²) >= 11 is 0. The molecule has 0 fully saturated rings. The molecule has 0 aromatic rings. The Morgan fingerprint density at radius 3 is 2.50 bits per heavy atom. The Labute approximate surface area is 46.2 Å². The van der Waals surface area contributed by atoms with E-state index in [4.69, 9.17) is 5.53 Å². The highest BCUT2D eigenvalue weighted by atomic mass is 15.6. The van der Waals surface area contributed by atoms with E-state index in [-0.39, 0.29) is 0 Å². The van der Waals surface area contributed by atoms with Gasteiger partial charge in [0.1, 0.15) is 0 Å². The van der Waals surface area contributed by atoms with E-state index in [1.807, 2.05) is 6.92 Å². The zero-order chi connectivity index (χ0) is 6.24. The Hall–Kier alpha value is -1.20. The lowest BCUT2D eigenvalue weighted by molar-refractivity contribution is 0.801. The standard InChI is InChI=1S/C2H6N6/c1-2-4-6-8-7-5-3/h3H,2H2,1H3. The zero-order valence-corrected chi connectivity index (χ0v) is 4.44. The minimum absolute atomic E-state index is 0.566. The molecule has 44 valence electrons. The average Bonchev–Trinajstić information content (AvgIpc) is 1.81. The van der Waals surface area contributed by atoms with Crippen molar-refractivity contribution in [3.63, 3.8) is 0 Å². The maximum atomic E-state index is 6.10. The summed E-state index contributed by atoms with van der Waals surface area (Å²) in [5.74, 6) is 0. The van der Waals surface area contributed by atoms with Gasteiger partial charge in [0.15, 0.2) is 0 Å². The summed E-state index contributed by atoms with van der Waals surface area (Å²) in [4.78, 5) is 0. The van der Waals surface area contributed by atoms with Crippen LogP contribution in [-0.2, 0) is 0 Å². The molecular weight excluding hydrogens is 108 g/mol. The smallest absolute Gasteiger partial charge is 0.0593 e. The minimum Gasteiger partial charge on any atom is -0.183 e. The number of hydrogen-bond acceptors (Lipinski definition) is 2. The molecule has 0 aliphatic rings. The molecule has 0 bridgehead atoms. The summed E-state index contributed by atoms with van der Waals surface area (Å²) in [7, 11) is 0. The van der Waals surface area contributed by atoms with Gasteiger partial charge < -0.3 is 0 Å². The molecule has 0 aliphatic carbocycles. The maximum Gasteiger partial charge on any atom is 0.0593 e. The van der Waals surface area contributed by atoms with E-state index in [0.29, 0.717) is 6.54 Å². The fourth-order valence-electron chi connectivity index (χ4n) is 0.129. The van der Waals surface area contributed by atoms with E-state index in [1.165, 1.54) is 0 Å². The third-order valence-electron chi connectivity index (χ3n) is 0.329. The average molecular weight is 114 g/mol. The lowest BCUT2D eigenvalue weighted by Gasteiger charge is -1.68. The summed E-state index contributed by atoms with van der Waals surface area (Å²) in [6.45, 7) is 2.38. The van der Waals surface area contributed by atoms with Crippen LogP contribution >= 0.6 is 0 Å². The van der Waals surface area contributed by atoms with Gasteiger partial charge in [-0.25, -0.2) is 0 Å². The Morgan fingerprint density at radius 1 is 1.25 bits per heavy atom. The first kappa shape index (κ1) is 6.80. The number of nitrogens with one attached hydrogen (secondary N) is 1. The summed E-state index contributed by atoms with van der Waals surface area (Å²) < 4.78 is 0. The van der Waals surface area contributed by atoms with Gasteiger partial charge in [0.05, 0.1) is 6.54 Å². The van der Waals surface area contributed by atoms with Crippen molar-refractivity contribution in [3.05, 3.63) is 0 Å². The second-order valence-electron chi connectivity index (χ2n) is 0.826. The zero-order valence-electron chi connectivity index (χ0n) is 4.44. The first-order valence-electron chi connectivity index (χ1n) is 2.05. The number of hydrogen-bond donors (Lipinski definition) is 1. The SMILES string of the molecule is CCN=NN=NN=N. The predicted octanol–water partition coefficient (Wildman–Crippen LogP) is 1.77. The second-order valence-corrected chi connectivity index (χ2v) is 0.826. The molecule has 6 nitrogen and oxygen atoms in total. The molecule has 0 saturated heterocycles. The van der Waals surface area contributed by atoms with Crippen LogP contribution in [-0.4, -0.2) is 6.54 Å². The molecule has 6 heteroatoms. The highest BCUT2D eigenvalue weighted by Crippen LogP contribution is 1.78. The van der Waals surface area contributed by atoms with Crippen LogP contribution in [0.4, 0.5) is 0 Å². The van der Waals surface area contributed by atoms with E-state index in [9.17, 15) is 0 Å². The summed E-state index contributed by atoms with van der Waals surface area (Å²) in [5.41, 5.74) is 6.10. The third kappa shape index (κ3) is 4.80. The van der Waals surface area contributed by atoms with Gasteiger partial charge in [-0.2, -0.15) is 10.6 Å². The molecule has 0 aromatic carbocycles. The molecule has 1 N–H and O–H groups in total. The van der Waals surface area contributed by atoms with E-state index >= 15 is 0 Å². The molecule has 0 amide bonds. The molecule has 0 unspecified atom stereocenters. The Kier molecular flexibility index (Phi) is 4.93. The topological polar surface area (TPSA) is 85.7 Å². The van der Waals surface area contributed by atoms with Crippen LogP contribution < -0.4 is 0 Å². The molecule has 8 heavy (non-hydrogen) atoms. The van der Waals surface area contributed by atoms with E-state index in [0.717, 1.165) is 0 Å². The minimum atomic E-state index is 0.566. The van der Waals surface area contributed by atoms with E-state index in [1.54, 1.807) is 0 Å². The summed E-state index contributed by atoms with van der Waals surface area (Å²) in [6, 6.07) is 0. The summed E-state index contributed by atoms with van der Waals surface area (Å²) in [5, 5.41) is 15.0. The molecule has 0 saturated carbocycles. The van der Waals surface area contributed by atoms with E-state index < -0.39 is 0 Å². The van der Waals surface area contributed by atoms with Gasteiger partial charge in [-0.3, -0.25) is 0 Å². The van der Waals surface area contributed by atoms with E-state index in [2.05, 4.69) is 26.0 Å². The predicted molar refractivity (Wildman–Crippen MR) is 25.4 cm³/mol.